The molecule has 0 atom stereocenters. The van der Waals surface area contributed by atoms with Gasteiger partial charge in [-0.15, -0.1) is 13.2 Å². The van der Waals surface area contributed by atoms with Crippen LogP contribution in [0.5, 0.6) is 11.5 Å². The van der Waals surface area contributed by atoms with Crippen molar-refractivity contribution in [1.82, 2.24) is 0 Å². The van der Waals surface area contributed by atoms with Crippen molar-refractivity contribution in [2.45, 2.75) is 45.1 Å². The Balaban J connectivity index is 1.33. The molecule has 0 aromatic heterocycles. The van der Waals surface area contributed by atoms with Gasteiger partial charge in [-0.05, 0) is 70.5 Å². The molecule has 0 N–H and O–H groups in total. The second-order valence-corrected chi connectivity index (χ2v) is 11.1. The SMILES string of the molecule is CCCCCc1ccc(-c2ccc(-c3cc(F)c(C(F)(F)Oc4cc(F)c(-c5ccc(OC(F)(F)F)c(F)c5)c(F)c4)c(F)c3)cc2)cc1. The second-order valence-electron chi connectivity index (χ2n) is 11.1. The van der Waals surface area contributed by atoms with Crippen molar-refractivity contribution in [2.75, 3.05) is 0 Å². The molecule has 0 spiro atoms. The van der Waals surface area contributed by atoms with Crippen LogP contribution < -0.4 is 9.47 Å². The molecule has 0 saturated carbocycles. The van der Waals surface area contributed by atoms with Crippen LogP contribution in [0.2, 0.25) is 0 Å². The zero-order chi connectivity index (χ0) is 35.5. The number of hydrogen-bond donors (Lipinski definition) is 0. The minimum Gasteiger partial charge on any atom is -0.429 e. The van der Waals surface area contributed by atoms with Crippen molar-refractivity contribution in [1.29, 1.82) is 0 Å². The summed E-state index contributed by atoms with van der Waals surface area (Å²) in [6.07, 6.45) is -5.68. The van der Waals surface area contributed by atoms with Gasteiger partial charge in [0.2, 0.25) is 0 Å². The van der Waals surface area contributed by atoms with Crippen molar-refractivity contribution in [3.63, 3.8) is 0 Å². The van der Waals surface area contributed by atoms with Gasteiger partial charge in [0.1, 0.15) is 34.6 Å². The molecule has 5 aromatic carbocycles. The number of hydrogen-bond acceptors (Lipinski definition) is 2. The van der Waals surface area contributed by atoms with Crippen LogP contribution >= 0.6 is 0 Å². The normalized spacial score (nSPS) is 11.9. The number of ether oxygens (including phenoxy) is 2. The molecular weight excluding hydrogens is 666 g/mol. The lowest BCUT2D eigenvalue weighted by Crippen LogP contribution is -2.25. The third-order valence-electron chi connectivity index (χ3n) is 7.62. The van der Waals surface area contributed by atoms with Crippen LogP contribution in [0.3, 0.4) is 0 Å². The van der Waals surface area contributed by atoms with Crippen molar-refractivity contribution in [2.24, 2.45) is 0 Å². The minimum atomic E-state index is -5.24. The topological polar surface area (TPSA) is 18.5 Å². The Bertz CT molecular complexity index is 1890. The van der Waals surface area contributed by atoms with Crippen LogP contribution in [0.1, 0.15) is 37.3 Å². The Morgan fingerprint density at radius 3 is 1.51 bits per heavy atom. The van der Waals surface area contributed by atoms with E-state index in [1.807, 2.05) is 24.3 Å². The predicted octanol–water partition coefficient (Wildman–Crippen LogP) is 12.1. The third-order valence-corrected chi connectivity index (χ3v) is 7.62. The fourth-order valence-corrected chi connectivity index (χ4v) is 5.26. The fraction of sp³-hybridized carbons (Fsp3) is 0.189. The van der Waals surface area contributed by atoms with Crippen LogP contribution in [-0.4, -0.2) is 6.36 Å². The Morgan fingerprint density at radius 1 is 0.510 bits per heavy atom. The lowest BCUT2D eigenvalue weighted by atomic mass is 9.97. The lowest BCUT2D eigenvalue weighted by molar-refractivity contribution is -0.275. The average molecular weight is 693 g/mol. The van der Waals surface area contributed by atoms with E-state index in [1.165, 1.54) is 5.56 Å². The highest BCUT2D eigenvalue weighted by atomic mass is 19.4. The summed E-state index contributed by atoms with van der Waals surface area (Å²) in [5, 5.41) is 0. The van der Waals surface area contributed by atoms with Crippen LogP contribution in [-0.2, 0) is 12.5 Å². The van der Waals surface area contributed by atoms with Crippen molar-refractivity contribution < 1.29 is 53.4 Å². The van der Waals surface area contributed by atoms with Gasteiger partial charge in [-0.2, -0.15) is 8.78 Å². The highest BCUT2D eigenvalue weighted by molar-refractivity contribution is 5.71. The number of unbranched alkanes of at least 4 members (excludes halogenated alkanes) is 2. The first kappa shape index (κ1) is 35.3. The molecular formula is C37H26F10O2. The van der Waals surface area contributed by atoms with E-state index < -0.39 is 69.7 Å². The first-order valence-corrected chi connectivity index (χ1v) is 15.0. The van der Waals surface area contributed by atoms with Crippen molar-refractivity contribution >= 4 is 0 Å². The maximum Gasteiger partial charge on any atom is 0.573 e. The molecule has 5 rings (SSSR count). The van der Waals surface area contributed by atoms with Gasteiger partial charge in [0.15, 0.2) is 11.6 Å². The molecule has 0 unspecified atom stereocenters. The zero-order valence-electron chi connectivity index (χ0n) is 25.6. The minimum absolute atomic E-state index is 0.0623. The van der Waals surface area contributed by atoms with E-state index in [0.717, 1.165) is 36.8 Å². The molecule has 0 bridgehead atoms. The summed E-state index contributed by atoms with van der Waals surface area (Å²) in [6.45, 7) is 2.13. The highest BCUT2D eigenvalue weighted by Gasteiger charge is 2.41. The Hall–Kier alpha value is -5.00. The molecule has 0 saturated heterocycles. The summed E-state index contributed by atoms with van der Waals surface area (Å²) in [5.74, 6) is -10.6. The number of benzene rings is 5. The summed E-state index contributed by atoms with van der Waals surface area (Å²) in [7, 11) is 0. The highest BCUT2D eigenvalue weighted by Crippen LogP contribution is 2.40. The van der Waals surface area contributed by atoms with E-state index in [4.69, 9.17) is 0 Å². The molecule has 0 aliphatic heterocycles. The van der Waals surface area contributed by atoms with Gasteiger partial charge in [0.05, 0.1) is 5.56 Å². The standard InChI is InChI=1S/C37H26F10O2/c1-2-3-4-5-21-6-8-22(9-7-21)23-10-12-24(13-11-23)26-17-31(41)35(32(42)18-26)36(43,44)48-27-19-29(39)34(30(40)20-27)25-14-15-33(28(38)16-25)49-37(45,46)47/h6-20H,2-5H2,1H3. The van der Waals surface area contributed by atoms with Crippen LogP contribution in [0.15, 0.2) is 91.0 Å². The summed E-state index contributed by atoms with van der Waals surface area (Å²) in [4.78, 5) is 0. The molecule has 0 heterocycles. The van der Waals surface area contributed by atoms with E-state index >= 15 is 17.6 Å². The number of alkyl halides is 5. The van der Waals surface area contributed by atoms with Crippen LogP contribution in [0, 0.1) is 29.1 Å². The zero-order valence-corrected chi connectivity index (χ0v) is 25.6. The largest absolute Gasteiger partial charge is 0.573 e. The Morgan fingerprint density at radius 2 is 1.00 bits per heavy atom. The van der Waals surface area contributed by atoms with E-state index in [9.17, 15) is 26.3 Å². The van der Waals surface area contributed by atoms with Gasteiger partial charge in [-0.25, -0.2) is 22.0 Å². The molecule has 0 radical (unpaired) electrons. The van der Waals surface area contributed by atoms with Crippen molar-refractivity contribution in [3.8, 4) is 44.9 Å². The van der Waals surface area contributed by atoms with Crippen LogP contribution in [0.25, 0.3) is 33.4 Å². The predicted molar refractivity (Wildman–Crippen MR) is 163 cm³/mol. The summed E-state index contributed by atoms with van der Waals surface area (Å²) >= 11 is 0. The third kappa shape index (κ3) is 8.36. The van der Waals surface area contributed by atoms with Gasteiger partial charge in [0, 0.05) is 12.1 Å². The first-order valence-electron chi connectivity index (χ1n) is 15.0. The van der Waals surface area contributed by atoms with E-state index in [1.54, 1.807) is 24.3 Å². The number of aryl methyl sites for hydroxylation is 1. The first-order chi connectivity index (χ1) is 23.1. The Kier molecular flexibility index (Phi) is 10.3. The van der Waals surface area contributed by atoms with E-state index in [-0.39, 0.29) is 17.7 Å². The molecule has 0 aliphatic carbocycles. The molecule has 0 aliphatic rings. The number of rotatable bonds is 11. The molecule has 12 heteroatoms. The molecule has 0 amide bonds. The second kappa shape index (κ2) is 14.2. The van der Waals surface area contributed by atoms with Gasteiger partial charge in [-0.1, -0.05) is 74.4 Å². The Labute approximate surface area is 274 Å². The average Bonchev–Trinajstić information content (AvgIpc) is 3.01. The summed E-state index contributed by atoms with van der Waals surface area (Å²) < 4.78 is 149. The van der Waals surface area contributed by atoms with Gasteiger partial charge >= 0.3 is 12.5 Å². The monoisotopic (exact) mass is 692 g/mol. The summed E-state index contributed by atoms with van der Waals surface area (Å²) in [6, 6.07) is 17.9. The quantitative estimate of drug-likeness (QED) is 0.101. The smallest absolute Gasteiger partial charge is 0.429 e. The van der Waals surface area contributed by atoms with E-state index in [2.05, 4.69) is 16.4 Å². The maximum atomic E-state index is 15.1. The van der Waals surface area contributed by atoms with Gasteiger partial charge in [0.25, 0.3) is 0 Å². The summed E-state index contributed by atoms with van der Waals surface area (Å²) in [5.41, 5.74) is -0.218. The maximum absolute atomic E-state index is 15.1. The number of halogens is 10. The molecule has 0 fully saturated rings. The molecule has 256 valence electrons. The van der Waals surface area contributed by atoms with Crippen molar-refractivity contribution in [3.05, 3.63) is 131 Å². The van der Waals surface area contributed by atoms with E-state index in [0.29, 0.717) is 35.9 Å². The molecule has 49 heavy (non-hydrogen) atoms. The molecule has 2 nitrogen and oxygen atoms in total. The van der Waals surface area contributed by atoms with Gasteiger partial charge < -0.3 is 9.47 Å². The molecule has 5 aromatic rings. The van der Waals surface area contributed by atoms with Gasteiger partial charge in [-0.3, -0.25) is 0 Å². The van der Waals surface area contributed by atoms with Crippen LogP contribution in [0.4, 0.5) is 43.9 Å². The fourth-order valence-electron chi connectivity index (χ4n) is 5.26. The lowest BCUT2D eigenvalue weighted by Gasteiger charge is -2.20.